The van der Waals surface area contributed by atoms with Crippen molar-refractivity contribution < 1.29 is 19.5 Å². The fourth-order valence-electron chi connectivity index (χ4n) is 2.94. The minimum absolute atomic E-state index is 0. The van der Waals surface area contributed by atoms with Gasteiger partial charge >= 0.3 is 0 Å². The van der Waals surface area contributed by atoms with Crippen LogP contribution in [-0.2, 0) is 19.5 Å². The number of hydrogen-bond donors (Lipinski definition) is 2. The van der Waals surface area contributed by atoms with Crippen LogP contribution in [0.25, 0.3) is 46.4 Å². The third-order valence-electron chi connectivity index (χ3n) is 4.04. The van der Waals surface area contributed by atoms with E-state index in [1.165, 1.54) is 0 Å². The maximum absolute atomic E-state index is 4.62. The van der Waals surface area contributed by atoms with Crippen molar-refractivity contribution >= 4 is 46.4 Å². The maximum Gasteiger partial charge on any atom is 0.0659 e. The van der Waals surface area contributed by atoms with Crippen LogP contribution in [0.2, 0.25) is 0 Å². The third kappa shape index (κ3) is 3.24. The number of aromatic amines is 2. The molecule has 0 fully saturated rings. The van der Waals surface area contributed by atoms with Gasteiger partial charge in [0, 0.05) is 41.5 Å². The molecule has 2 aliphatic rings. The van der Waals surface area contributed by atoms with Gasteiger partial charge in [0.05, 0.1) is 22.8 Å². The Morgan fingerprint density at radius 2 is 0.840 bits per heavy atom. The van der Waals surface area contributed by atoms with E-state index in [0.717, 1.165) is 44.8 Å². The van der Waals surface area contributed by atoms with Crippen molar-refractivity contribution in [2.45, 2.75) is 0 Å². The van der Waals surface area contributed by atoms with E-state index in [4.69, 9.17) is 0 Å². The van der Waals surface area contributed by atoms with Crippen LogP contribution in [0.5, 0.6) is 0 Å². The monoisotopic (exact) mass is 374 g/mol. The van der Waals surface area contributed by atoms with Gasteiger partial charge in [-0.1, -0.05) is 0 Å². The first-order chi connectivity index (χ1) is 11.8. The van der Waals surface area contributed by atoms with Gasteiger partial charge in [-0.05, 0) is 72.8 Å². The van der Waals surface area contributed by atoms with Crippen LogP contribution in [-0.4, -0.2) is 19.9 Å². The van der Waals surface area contributed by atoms with E-state index in [2.05, 4.69) is 50.3 Å². The van der Waals surface area contributed by atoms with Gasteiger partial charge in [-0.3, -0.25) is 0 Å². The van der Waals surface area contributed by atoms with Gasteiger partial charge in [-0.15, -0.1) is 0 Å². The summed E-state index contributed by atoms with van der Waals surface area (Å²) in [6, 6.07) is 16.4. The van der Waals surface area contributed by atoms with E-state index in [0.29, 0.717) is 0 Å². The minimum Gasteiger partial charge on any atom is -0.355 e. The Hall–Kier alpha value is -2.78. The van der Waals surface area contributed by atoms with Crippen molar-refractivity contribution in [2.24, 2.45) is 0 Å². The van der Waals surface area contributed by atoms with Crippen LogP contribution in [0.1, 0.15) is 22.8 Å². The van der Waals surface area contributed by atoms with Gasteiger partial charge in [-0.25, -0.2) is 9.97 Å². The zero-order valence-electron chi connectivity index (χ0n) is 13.5. The molecular formula is C20H14N4Zn. The summed E-state index contributed by atoms with van der Waals surface area (Å²) in [6.45, 7) is 0. The summed E-state index contributed by atoms with van der Waals surface area (Å²) >= 11 is 0. The Morgan fingerprint density at radius 1 is 0.480 bits per heavy atom. The Labute approximate surface area is 157 Å². The van der Waals surface area contributed by atoms with E-state index in [9.17, 15) is 0 Å². The van der Waals surface area contributed by atoms with Crippen molar-refractivity contribution in [3.05, 3.63) is 71.3 Å². The summed E-state index contributed by atoms with van der Waals surface area (Å²) in [5.41, 5.74) is 7.86. The maximum atomic E-state index is 4.62. The molecule has 5 rings (SSSR count). The Kier molecular flexibility index (Phi) is 3.94. The fourth-order valence-corrected chi connectivity index (χ4v) is 2.94. The SMILES string of the molecule is C1=Cc2cc3ccc(cc4ccc(cc5nc(cc1n2)C=C5)[nH]4)[nH]3.[Zn]. The molecule has 0 aliphatic carbocycles. The molecule has 3 aromatic rings. The van der Waals surface area contributed by atoms with Crippen molar-refractivity contribution in [3.8, 4) is 0 Å². The van der Waals surface area contributed by atoms with Crippen molar-refractivity contribution in [1.82, 2.24) is 19.9 Å². The van der Waals surface area contributed by atoms with Gasteiger partial charge in [-0.2, -0.15) is 0 Å². The summed E-state index contributed by atoms with van der Waals surface area (Å²) in [5, 5.41) is 0. The molecule has 25 heavy (non-hydrogen) atoms. The van der Waals surface area contributed by atoms with E-state index in [-0.39, 0.29) is 19.5 Å². The third-order valence-corrected chi connectivity index (χ3v) is 4.04. The Bertz CT molecular complexity index is 1080. The summed E-state index contributed by atoms with van der Waals surface area (Å²) in [5.74, 6) is 0. The molecule has 5 heteroatoms. The number of hydrogen-bond acceptors (Lipinski definition) is 2. The van der Waals surface area contributed by atoms with Gasteiger partial charge in [0.15, 0.2) is 0 Å². The quantitative estimate of drug-likeness (QED) is 0.387. The number of H-pyrrole nitrogens is 2. The molecule has 4 nitrogen and oxygen atoms in total. The molecule has 2 aliphatic heterocycles. The molecule has 0 spiro atoms. The summed E-state index contributed by atoms with van der Waals surface area (Å²) in [6.07, 6.45) is 8.05. The topological polar surface area (TPSA) is 57.4 Å². The number of nitrogens with zero attached hydrogens (tertiary/aromatic N) is 2. The van der Waals surface area contributed by atoms with Gasteiger partial charge in [0.2, 0.25) is 0 Å². The van der Waals surface area contributed by atoms with Crippen LogP contribution < -0.4 is 0 Å². The first-order valence-electron chi connectivity index (χ1n) is 7.85. The average molecular weight is 376 g/mol. The molecule has 3 aromatic heterocycles. The van der Waals surface area contributed by atoms with E-state index >= 15 is 0 Å². The second kappa shape index (κ2) is 6.26. The summed E-state index contributed by atoms with van der Waals surface area (Å²) < 4.78 is 0. The largest absolute Gasteiger partial charge is 0.355 e. The van der Waals surface area contributed by atoms with Crippen LogP contribution in [0.3, 0.4) is 0 Å². The summed E-state index contributed by atoms with van der Waals surface area (Å²) in [7, 11) is 0. The Morgan fingerprint density at radius 3 is 1.28 bits per heavy atom. The van der Waals surface area contributed by atoms with Gasteiger partial charge < -0.3 is 9.97 Å². The van der Waals surface area contributed by atoms with Gasteiger partial charge in [0.1, 0.15) is 0 Å². The van der Waals surface area contributed by atoms with Crippen LogP contribution in [0.15, 0.2) is 48.5 Å². The molecule has 0 saturated heterocycles. The molecule has 5 heterocycles. The summed E-state index contributed by atoms with van der Waals surface area (Å²) in [4.78, 5) is 16.0. The normalized spacial score (nSPS) is 12.2. The minimum atomic E-state index is 0. The average Bonchev–Trinajstić information content (AvgIpc) is 3.32. The van der Waals surface area contributed by atoms with Crippen LogP contribution in [0, 0.1) is 0 Å². The van der Waals surface area contributed by atoms with Crippen molar-refractivity contribution in [1.29, 1.82) is 0 Å². The van der Waals surface area contributed by atoms with Crippen LogP contribution >= 0.6 is 0 Å². The molecule has 0 atom stereocenters. The fraction of sp³-hybridized carbons (Fsp3) is 0. The molecular weight excluding hydrogens is 362 g/mol. The zero-order chi connectivity index (χ0) is 15.9. The zero-order valence-corrected chi connectivity index (χ0v) is 16.5. The number of fused-ring (bicyclic) bond motifs is 8. The standard InChI is InChI=1S/C20H14N4.Zn/c1-2-14-10-16-5-6-18(23-16)12-20-8-7-19(24-20)11-17-4-3-15(22-17)9-13(1)21-14;/h1-12,21-22H;. The second-order valence-electron chi connectivity index (χ2n) is 5.91. The number of nitrogens with one attached hydrogen (secondary N) is 2. The number of rotatable bonds is 0. The molecule has 0 aromatic carbocycles. The predicted molar refractivity (Wildman–Crippen MR) is 98.9 cm³/mol. The van der Waals surface area contributed by atoms with E-state index < -0.39 is 0 Å². The van der Waals surface area contributed by atoms with Crippen molar-refractivity contribution in [3.63, 3.8) is 0 Å². The Balaban J connectivity index is 0.00000157. The number of aromatic nitrogens is 4. The van der Waals surface area contributed by atoms with E-state index in [1.807, 2.05) is 42.5 Å². The second-order valence-corrected chi connectivity index (χ2v) is 5.91. The molecule has 2 N–H and O–H groups in total. The van der Waals surface area contributed by atoms with E-state index in [1.54, 1.807) is 0 Å². The van der Waals surface area contributed by atoms with Crippen molar-refractivity contribution in [2.75, 3.05) is 0 Å². The molecule has 0 saturated carbocycles. The molecule has 116 valence electrons. The molecule has 0 unspecified atom stereocenters. The first kappa shape index (κ1) is 15.7. The molecule has 0 radical (unpaired) electrons. The molecule has 8 bridgehead atoms. The van der Waals surface area contributed by atoms with Crippen LogP contribution in [0.4, 0.5) is 0 Å². The van der Waals surface area contributed by atoms with Gasteiger partial charge in [0.25, 0.3) is 0 Å². The first-order valence-corrected chi connectivity index (χ1v) is 7.85. The molecule has 0 amide bonds. The smallest absolute Gasteiger partial charge is 0.0659 e. The predicted octanol–water partition coefficient (Wildman–Crippen LogP) is 4.65.